The Morgan fingerprint density at radius 3 is 1.95 bits per heavy atom. The van der Waals surface area contributed by atoms with E-state index in [9.17, 15) is 60.0 Å². The second kappa shape index (κ2) is 23.9. The van der Waals surface area contributed by atoms with Crippen LogP contribution in [0.2, 0.25) is 0 Å². The monoisotopic (exact) mass is 858 g/mol. The lowest BCUT2D eigenvalue weighted by atomic mass is 9.91. The summed E-state index contributed by atoms with van der Waals surface area (Å²) in [6, 6.07) is -2.01. The van der Waals surface area contributed by atoms with Crippen LogP contribution in [0.5, 0.6) is 0 Å². The molecule has 2 amide bonds. The molecule has 0 bridgehead atoms. The first-order valence-electron chi connectivity index (χ1n) is 21.1. The topological polar surface area (TPSA) is 312 Å². The van der Waals surface area contributed by atoms with Crippen LogP contribution in [-0.4, -0.2) is 155 Å². The molecule has 4 rings (SSSR count). The minimum Gasteiger partial charge on any atom is -0.394 e. The van der Waals surface area contributed by atoms with Crippen LogP contribution in [0.25, 0.3) is 0 Å². The van der Waals surface area contributed by atoms with Gasteiger partial charge < -0.3 is 70.4 Å². The zero-order valence-corrected chi connectivity index (χ0v) is 34.5. The second-order valence-electron chi connectivity index (χ2n) is 16.5. The van der Waals surface area contributed by atoms with Gasteiger partial charge in [-0.25, -0.2) is 4.79 Å². The Morgan fingerprint density at radius 2 is 1.37 bits per heavy atom. The summed E-state index contributed by atoms with van der Waals surface area (Å²) < 4.78 is 24.1. The molecule has 1 aromatic rings. The number of nitrogens with zero attached hydrogens (tertiary/aromatic N) is 1. The molecule has 0 radical (unpaired) electrons. The van der Waals surface area contributed by atoms with E-state index in [0.29, 0.717) is 6.42 Å². The van der Waals surface area contributed by atoms with Crippen LogP contribution in [0, 0.1) is 5.92 Å². The number of carbonyl (C=O) groups excluding carboxylic acids is 2. The highest BCUT2D eigenvalue weighted by Gasteiger charge is 2.53. The maximum atomic E-state index is 13.2. The maximum absolute atomic E-state index is 13.2. The Balaban J connectivity index is 1.42. The number of unbranched alkanes of at least 4 members (excludes halogenated alkanes) is 9. The van der Waals surface area contributed by atoms with Crippen LogP contribution >= 0.6 is 0 Å². The molecule has 4 heterocycles. The van der Waals surface area contributed by atoms with E-state index in [1.54, 1.807) is 6.08 Å². The van der Waals surface area contributed by atoms with Crippen molar-refractivity contribution in [2.75, 3.05) is 6.61 Å². The predicted octanol–water partition coefficient (Wildman–Crippen LogP) is -1.70. The lowest BCUT2D eigenvalue weighted by Gasteiger charge is -2.47. The number of allylic oxidation sites excluding steroid dienone is 1. The lowest BCUT2D eigenvalue weighted by Crippen LogP contribution is -2.68. The number of hydrogen-bond acceptors (Lipinski definition) is 16. The van der Waals surface area contributed by atoms with E-state index >= 15 is 0 Å². The molecule has 20 nitrogen and oxygen atoms in total. The summed E-state index contributed by atoms with van der Waals surface area (Å²) in [4.78, 5) is 51.2. The van der Waals surface area contributed by atoms with Gasteiger partial charge in [0.2, 0.25) is 11.8 Å². The largest absolute Gasteiger partial charge is 0.394 e. The summed E-state index contributed by atoms with van der Waals surface area (Å²) in [5.74, 6) is -0.604. The zero-order valence-electron chi connectivity index (χ0n) is 34.5. The summed E-state index contributed by atoms with van der Waals surface area (Å²) >= 11 is 0. The first kappa shape index (κ1) is 49.5. The van der Waals surface area contributed by atoms with E-state index in [1.165, 1.54) is 44.6 Å². The highest BCUT2D eigenvalue weighted by molar-refractivity contribution is 5.87. The molecule has 1 aromatic heterocycles. The van der Waals surface area contributed by atoms with Crippen LogP contribution < -0.4 is 21.9 Å². The number of aromatic nitrogens is 2. The molecule has 0 saturated carbocycles. The maximum Gasteiger partial charge on any atom is 0.330 e. The van der Waals surface area contributed by atoms with Crippen molar-refractivity contribution in [3.63, 3.8) is 0 Å². The average Bonchev–Trinajstić information content (AvgIpc) is 3.49. The lowest BCUT2D eigenvalue weighted by molar-refractivity contribution is -0.346. The Hall–Kier alpha value is -3.12. The molecule has 0 aliphatic carbocycles. The number of rotatable bonds is 22. The third kappa shape index (κ3) is 13.7. The molecule has 3 aliphatic rings. The molecule has 20 heteroatoms. The van der Waals surface area contributed by atoms with Crippen molar-refractivity contribution >= 4 is 11.8 Å². The van der Waals surface area contributed by atoms with Gasteiger partial charge in [-0.05, 0) is 24.8 Å². The number of nitrogens with one attached hydrogen (secondary N) is 3. The van der Waals surface area contributed by atoms with Crippen LogP contribution in [0.15, 0.2) is 34.0 Å². The van der Waals surface area contributed by atoms with Crippen molar-refractivity contribution in [1.29, 1.82) is 0 Å². The third-order valence-electron chi connectivity index (χ3n) is 11.2. The number of aliphatic hydroxyl groups excluding tert-OH is 8. The normalized spacial score (nSPS) is 33.9. The zero-order chi connectivity index (χ0) is 44.1. The Kier molecular flexibility index (Phi) is 19.7. The SMILES string of the molecule is CC(=O)N[C@H]1[C@@H](O[C@@H]2O[C@@H](C[C@@H](O)[C@H]3O[C@@H](n4ccc(=O)[nH]c4=O)[C@H](O)[C@@H]3O)[C@H](O)[C@H](O)[C@H]2NC(=O)/C=C/CCCCCCCCCCCC(C)C)O[C@H](CO)[C@@H](O)[C@@H]1O. The van der Waals surface area contributed by atoms with Gasteiger partial charge in [-0.2, -0.15) is 0 Å². The molecule has 0 aromatic carbocycles. The van der Waals surface area contributed by atoms with E-state index in [0.717, 1.165) is 55.4 Å². The Morgan fingerprint density at radius 1 is 0.800 bits per heavy atom. The van der Waals surface area contributed by atoms with Crippen molar-refractivity contribution < 1.29 is 69.4 Å². The molecule has 3 fully saturated rings. The summed E-state index contributed by atoms with van der Waals surface area (Å²) in [7, 11) is 0. The highest BCUT2D eigenvalue weighted by Crippen LogP contribution is 2.34. The Labute approximate surface area is 348 Å². The van der Waals surface area contributed by atoms with E-state index < -0.39 is 128 Å². The summed E-state index contributed by atoms with van der Waals surface area (Å²) in [5, 5.41) is 91.5. The second-order valence-corrected chi connectivity index (χ2v) is 16.5. The molecule has 0 spiro atoms. The van der Waals surface area contributed by atoms with Gasteiger partial charge in [0.25, 0.3) is 5.56 Å². The predicted molar refractivity (Wildman–Crippen MR) is 212 cm³/mol. The molecule has 342 valence electrons. The van der Waals surface area contributed by atoms with Crippen LogP contribution in [0.1, 0.15) is 104 Å². The average molecular weight is 859 g/mol. The van der Waals surface area contributed by atoms with Gasteiger partial charge in [-0.3, -0.25) is 23.9 Å². The fourth-order valence-electron chi connectivity index (χ4n) is 7.80. The first-order chi connectivity index (χ1) is 28.5. The van der Waals surface area contributed by atoms with E-state index in [2.05, 4.69) is 24.5 Å². The summed E-state index contributed by atoms with van der Waals surface area (Å²) in [6.45, 7) is 4.83. The van der Waals surface area contributed by atoms with Crippen molar-refractivity contribution in [1.82, 2.24) is 20.2 Å². The van der Waals surface area contributed by atoms with E-state index in [1.807, 2.05) is 4.98 Å². The molecule has 11 N–H and O–H groups in total. The number of carbonyl (C=O) groups is 2. The van der Waals surface area contributed by atoms with E-state index in [-0.39, 0.29) is 0 Å². The minimum atomic E-state index is -1.85. The van der Waals surface area contributed by atoms with Crippen molar-refractivity contribution in [3.05, 3.63) is 45.3 Å². The fraction of sp³-hybridized carbons (Fsp3) is 0.800. The highest BCUT2D eigenvalue weighted by atomic mass is 16.8. The quantitative estimate of drug-likeness (QED) is 0.0458. The molecule has 3 saturated heterocycles. The van der Waals surface area contributed by atoms with Gasteiger partial charge >= 0.3 is 5.69 Å². The smallest absolute Gasteiger partial charge is 0.330 e. The summed E-state index contributed by atoms with van der Waals surface area (Å²) in [5.41, 5.74) is -1.68. The van der Waals surface area contributed by atoms with E-state index in [4.69, 9.17) is 18.9 Å². The number of ether oxygens (including phenoxy) is 4. The number of hydrogen-bond donors (Lipinski definition) is 11. The van der Waals surface area contributed by atoms with Gasteiger partial charge in [0.15, 0.2) is 18.8 Å². The summed E-state index contributed by atoms with van der Waals surface area (Å²) in [6.07, 6.45) is -6.31. The van der Waals surface area contributed by atoms with Gasteiger partial charge in [-0.1, -0.05) is 77.7 Å². The van der Waals surface area contributed by atoms with Gasteiger partial charge in [0.1, 0.15) is 60.9 Å². The standard InChI is InChI=1S/C40H66N4O16/c1-21(2)15-13-11-9-7-5-4-6-8-10-12-14-16-26(48)42-29-33(53)30(50)24(57-39(29)60-38-28(41-22(3)46)32(52)31(51)25(20-45)58-38)19-23(47)36-34(54)35(55)37(59-36)44-18-17-27(49)43-40(44)56/h14,16-18,21,23-25,28-39,45,47,50-55H,4-13,15,19-20H2,1-3H3,(H,41,46)(H,42,48)(H,43,49,56)/b16-14+/t23-,24+,25-,28-,29-,30+,31-,32-,33-,34+,35-,36-,37-,38-,39+/m1/s1. The van der Waals surface area contributed by atoms with Crippen LogP contribution in [0.4, 0.5) is 0 Å². The fourth-order valence-corrected chi connectivity index (χ4v) is 7.80. The minimum absolute atomic E-state index is 0.597. The number of aliphatic hydroxyl groups is 8. The molecule has 15 atom stereocenters. The molecule has 0 unspecified atom stereocenters. The van der Waals surface area contributed by atoms with Crippen molar-refractivity contribution in [3.8, 4) is 0 Å². The third-order valence-corrected chi connectivity index (χ3v) is 11.2. The molecular formula is C40H66N4O16. The first-order valence-corrected chi connectivity index (χ1v) is 21.1. The van der Waals surface area contributed by atoms with Crippen LogP contribution in [-0.2, 0) is 28.5 Å². The van der Waals surface area contributed by atoms with Crippen molar-refractivity contribution in [2.24, 2.45) is 5.92 Å². The van der Waals surface area contributed by atoms with Gasteiger partial charge in [0.05, 0.1) is 18.8 Å². The van der Waals surface area contributed by atoms with Crippen molar-refractivity contribution in [2.45, 2.75) is 190 Å². The van der Waals surface area contributed by atoms with Crippen LogP contribution in [0.3, 0.4) is 0 Å². The Bertz CT molecular complexity index is 1630. The number of amides is 2. The number of aromatic amines is 1. The number of H-pyrrole nitrogens is 1. The van der Waals surface area contributed by atoms with Gasteiger partial charge in [-0.15, -0.1) is 0 Å². The molecule has 3 aliphatic heterocycles. The molecule has 60 heavy (non-hydrogen) atoms. The molecular weight excluding hydrogens is 792 g/mol. The van der Waals surface area contributed by atoms with Gasteiger partial charge in [0, 0.05) is 25.6 Å².